The minimum atomic E-state index is -0.748. The summed E-state index contributed by atoms with van der Waals surface area (Å²) >= 11 is 1.01. The number of benzene rings is 2. The number of rotatable bonds is 7. The lowest BCUT2D eigenvalue weighted by molar-refractivity contribution is -0.113. The molecule has 0 aliphatic carbocycles. The quantitative estimate of drug-likeness (QED) is 0.412. The monoisotopic (exact) mass is 457 g/mol. The normalized spacial score (nSPS) is 11.0. The summed E-state index contributed by atoms with van der Waals surface area (Å²) < 4.78 is 33.9. The molecule has 164 valence electrons. The van der Waals surface area contributed by atoms with Crippen molar-refractivity contribution in [2.24, 2.45) is 0 Å². The molecule has 0 saturated carbocycles. The molecule has 0 fully saturated rings. The topological polar surface area (TPSA) is 101 Å². The van der Waals surface area contributed by atoms with Crippen LogP contribution in [0, 0.1) is 11.6 Å². The summed E-state index contributed by atoms with van der Waals surface area (Å²) in [6, 6.07) is 11.2. The van der Waals surface area contributed by atoms with Gasteiger partial charge in [0.1, 0.15) is 17.4 Å². The molecule has 0 saturated heterocycles. The Morgan fingerprint density at radius 1 is 1.16 bits per heavy atom. The number of halogens is 2. The van der Waals surface area contributed by atoms with Crippen LogP contribution in [-0.4, -0.2) is 37.8 Å². The van der Waals surface area contributed by atoms with Crippen molar-refractivity contribution < 1.29 is 18.3 Å². The number of nitrogens with one attached hydrogen (secondary N) is 2. The van der Waals surface area contributed by atoms with Crippen LogP contribution in [0.15, 0.2) is 58.5 Å². The molecule has 4 aromatic rings. The van der Waals surface area contributed by atoms with Crippen LogP contribution in [0.25, 0.3) is 17.0 Å². The average Bonchev–Trinajstić information content (AvgIpc) is 3.15. The van der Waals surface area contributed by atoms with E-state index in [1.165, 1.54) is 10.6 Å². The fourth-order valence-corrected chi connectivity index (χ4v) is 3.64. The maximum absolute atomic E-state index is 13.8. The van der Waals surface area contributed by atoms with Crippen LogP contribution >= 0.6 is 11.8 Å². The van der Waals surface area contributed by atoms with Crippen molar-refractivity contribution in [2.75, 3.05) is 17.7 Å². The number of carbonyl (C=O) groups excluding carboxylic acids is 1. The van der Waals surface area contributed by atoms with E-state index in [1.54, 1.807) is 24.3 Å². The second kappa shape index (κ2) is 9.18. The molecule has 32 heavy (non-hydrogen) atoms. The largest absolute Gasteiger partial charge is 0.494 e. The van der Waals surface area contributed by atoms with Crippen molar-refractivity contribution in [3.8, 4) is 17.1 Å². The average molecular weight is 457 g/mol. The first kappa shape index (κ1) is 21.5. The van der Waals surface area contributed by atoms with Crippen LogP contribution in [0.3, 0.4) is 0 Å². The minimum absolute atomic E-state index is 0.162. The molecule has 8 nitrogen and oxygen atoms in total. The van der Waals surface area contributed by atoms with E-state index >= 15 is 0 Å². The van der Waals surface area contributed by atoms with Gasteiger partial charge in [0.05, 0.1) is 18.0 Å². The van der Waals surface area contributed by atoms with E-state index in [2.05, 4.69) is 20.4 Å². The fourth-order valence-electron chi connectivity index (χ4n) is 2.89. The number of hydrogen-bond donors (Lipinski definition) is 2. The Balaban J connectivity index is 1.58. The molecular formula is C21H17F2N5O3S. The molecular weight excluding hydrogens is 440 g/mol. The van der Waals surface area contributed by atoms with Crippen LogP contribution in [0.2, 0.25) is 0 Å². The zero-order valence-corrected chi connectivity index (χ0v) is 17.6. The number of fused-ring (bicyclic) bond motifs is 1. The van der Waals surface area contributed by atoms with Crippen molar-refractivity contribution in [3.05, 3.63) is 70.5 Å². The Kier molecular flexibility index (Phi) is 6.17. The van der Waals surface area contributed by atoms with Crippen LogP contribution in [0.1, 0.15) is 6.92 Å². The van der Waals surface area contributed by atoms with Gasteiger partial charge in [-0.2, -0.15) is 0 Å². The van der Waals surface area contributed by atoms with Crippen molar-refractivity contribution >= 4 is 29.0 Å². The van der Waals surface area contributed by atoms with Gasteiger partial charge >= 0.3 is 0 Å². The molecule has 1 amide bonds. The maximum atomic E-state index is 13.8. The van der Waals surface area contributed by atoms with Gasteiger partial charge in [0.25, 0.3) is 5.56 Å². The lowest BCUT2D eigenvalue weighted by Crippen LogP contribution is -2.16. The Morgan fingerprint density at radius 3 is 2.69 bits per heavy atom. The summed E-state index contributed by atoms with van der Waals surface area (Å²) in [6.45, 7) is 2.42. The Morgan fingerprint density at radius 2 is 1.94 bits per heavy atom. The number of carbonyl (C=O) groups is 1. The third-order valence-electron chi connectivity index (χ3n) is 4.28. The molecule has 2 aromatic carbocycles. The first-order valence-electron chi connectivity index (χ1n) is 9.53. The van der Waals surface area contributed by atoms with Crippen molar-refractivity contribution in [1.82, 2.24) is 19.6 Å². The Bertz CT molecular complexity index is 1340. The number of aromatic nitrogens is 4. The number of thioether (sulfide) groups is 1. The molecule has 2 N–H and O–H groups in total. The number of anilines is 1. The second-order valence-corrected chi connectivity index (χ2v) is 7.50. The number of nitrogens with zero attached hydrogens (tertiary/aromatic N) is 3. The predicted molar refractivity (Wildman–Crippen MR) is 116 cm³/mol. The van der Waals surface area contributed by atoms with Gasteiger partial charge in [-0.05, 0) is 43.3 Å². The molecule has 0 aliphatic rings. The molecule has 2 aromatic heterocycles. The number of hydrogen-bond acceptors (Lipinski definition) is 6. The van der Waals surface area contributed by atoms with Crippen molar-refractivity contribution in [3.63, 3.8) is 0 Å². The van der Waals surface area contributed by atoms with Crippen LogP contribution in [-0.2, 0) is 4.79 Å². The summed E-state index contributed by atoms with van der Waals surface area (Å²) in [5.41, 5.74) is 0.384. The molecule has 0 radical (unpaired) electrons. The van der Waals surface area contributed by atoms with Gasteiger partial charge in [0.15, 0.2) is 16.6 Å². The summed E-state index contributed by atoms with van der Waals surface area (Å²) in [4.78, 5) is 33.0. The molecule has 0 spiro atoms. The highest BCUT2D eigenvalue weighted by atomic mass is 32.2. The van der Waals surface area contributed by atoms with E-state index in [0.717, 1.165) is 30.0 Å². The smallest absolute Gasteiger partial charge is 0.266 e. The predicted octanol–water partition coefficient (Wildman–Crippen LogP) is 3.49. The summed E-state index contributed by atoms with van der Waals surface area (Å²) in [5, 5.41) is 5.20. The molecule has 2 heterocycles. The van der Waals surface area contributed by atoms with E-state index in [4.69, 9.17) is 4.74 Å². The first-order valence-corrected chi connectivity index (χ1v) is 10.5. The summed E-state index contributed by atoms with van der Waals surface area (Å²) in [6.07, 6.45) is 0. The van der Waals surface area contributed by atoms with E-state index in [1.807, 2.05) is 6.92 Å². The molecule has 4 rings (SSSR count). The molecule has 0 atom stereocenters. The van der Waals surface area contributed by atoms with Crippen molar-refractivity contribution in [1.29, 1.82) is 0 Å². The maximum Gasteiger partial charge on any atom is 0.266 e. The number of H-pyrrole nitrogens is 1. The Labute approximate surface area is 184 Å². The van der Waals surface area contributed by atoms with Gasteiger partial charge in [-0.1, -0.05) is 11.8 Å². The van der Waals surface area contributed by atoms with Crippen LogP contribution in [0.4, 0.5) is 14.5 Å². The number of aromatic amines is 1. The summed E-state index contributed by atoms with van der Waals surface area (Å²) in [7, 11) is 0. The number of ether oxygens (including phenoxy) is 1. The third-order valence-corrected chi connectivity index (χ3v) is 5.22. The Hall–Kier alpha value is -3.73. The van der Waals surface area contributed by atoms with Crippen LogP contribution < -0.4 is 15.6 Å². The molecule has 0 unspecified atom stereocenters. The summed E-state index contributed by atoms with van der Waals surface area (Å²) in [5.74, 6) is -1.09. The highest BCUT2D eigenvalue weighted by molar-refractivity contribution is 7.99. The van der Waals surface area contributed by atoms with Gasteiger partial charge < -0.3 is 10.1 Å². The van der Waals surface area contributed by atoms with E-state index in [9.17, 15) is 18.4 Å². The molecule has 0 aliphatic heterocycles. The number of amides is 1. The lowest BCUT2D eigenvalue weighted by atomic mass is 10.2. The van der Waals surface area contributed by atoms with Crippen LogP contribution in [0.5, 0.6) is 5.75 Å². The van der Waals surface area contributed by atoms with Gasteiger partial charge in [0.2, 0.25) is 5.91 Å². The first-order chi connectivity index (χ1) is 15.4. The third kappa shape index (κ3) is 4.78. The SMILES string of the molecule is CCOc1ccc(-c2nc(SCC(=O)Nc3cc(F)ccc3F)n3[nH]c(=O)cc3n2)cc1. The van der Waals surface area contributed by atoms with Gasteiger partial charge in [-0.15, -0.1) is 0 Å². The highest BCUT2D eigenvalue weighted by Gasteiger charge is 2.14. The minimum Gasteiger partial charge on any atom is -0.494 e. The van der Waals surface area contributed by atoms with Gasteiger partial charge in [-0.25, -0.2) is 23.3 Å². The van der Waals surface area contributed by atoms with Gasteiger partial charge in [-0.3, -0.25) is 14.7 Å². The van der Waals surface area contributed by atoms with Gasteiger partial charge in [0, 0.05) is 17.7 Å². The van der Waals surface area contributed by atoms with Crippen molar-refractivity contribution in [2.45, 2.75) is 12.1 Å². The highest BCUT2D eigenvalue weighted by Crippen LogP contribution is 2.24. The fraction of sp³-hybridized carbons (Fsp3) is 0.143. The van der Waals surface area contributed by atoms with E-state index < -0.39 is 17.5 Å². The molecule has 0 bridgehead atoms. The second-order valence-electron chi connectivity index (χ2n) is 6.56. The zero-order chi connectivity index (χ0) is 22.7. The van der Waals surface area contributed by atoms with E-state index in [0.29, 0.717) is 34.5 Å². The van der Waals surface area contributed by atoms with E-state index in [-0.39, 0.29) is 17.0 Å². The molecule has 11 heteroatoms. The lowest BCUT2D eigenvalue weighted by Gasteiger charge is -2.09. The zero-order valence-electron chi connectivity index (χ0n) is 16.8. The standard InChI is InChI=1S/C21H17F2N5O3S/c1-2-31-14-6-3-12(4-7-14)20-25-17-10-18(29)27-28(17)21(26-20)32-11-19(30)24-16-9-13(22)5-8-15(16)23/h3-10H,2,11H2,1H3,(H,24,30)(H,27,29).